The third-order valence-electron chi connectivity index (χ3n) is 2.03. The summed E-state index contributed by atoms with van der Waals surface area (Å²) in [7, 11) is 0. The number of hydrogen-bond acceptors (Lipinski definition) is 2. The zero-order valence-corrected chi connectivity index (χ0v) is 9.93. The number of aryl methyl sites for hydroxylation is 1. The zero-order chi connectivity index (χ0) is 12.8. The molecule has 0 radical (unpaired) electrons. The zero-order valence-electron chi connectivity index (χ0n) is 9.17. The van der Waals surface area contributed by atoms with Crippen LogP contribution in [-0.4, -0.2) is 18.4 Å². The van der Waals surface area contributed by atoms with E-state index in [0.29, 0.717) is 5.56 Å². The van der Waals surface area contributed by atoms with Gasteiger partial charge in [-0.05, 0) is 13.0 Å². The first-order valence-corrected chi connectivity index (χ1v) is 5.43. The van der Waals surface area contributed by atoms with E-state index in [1.165, 1.54) is 6.07 Å². The average Bonchev–Trinajstić information content (AvgIpc) is 2.28. The highest BCUT2D eigenvalue weighted by Gasteiger charge is 2.10. The van der Waals surface area contributed by atoms with Gasteiger partial charge in [0.2, 0.25) is 5.91 Å². The van der Waals surface area contributed by atoms with Gasteiger partial charge >= 0.3 is 6.61 Å². The van der Waals surface area contributed by atoms with E-state index in [1.807, 2.05) is 6.92 Å². The number of halogens is 3. The number of nitrogens with one attached hydrogen (secondary N) is 1. The van der Waals surface area contributed by atoms with Crippen molar-refractivity contribution in [3.05, 3.63) is 29.3 Å². The van der Waals surface area contributed by atoms with Crippen LogP contribution in [0.1, 0.15) is 11.1 Å². The number of ether oxygens (including phenoxy) is 1. The van der Waals surface area contributed by atoms with Gasteiger partial charge in [-0.1, -0.05) is 17.7 Å². The first-order valence-electron chi connectivity index (χ1n) is 4.90. The van der Waals surface area contributed by atoms with Crippen molar-refractivity contribution in [3.63, 3.8) is 0 Å². The minimum absolute atomic E-state index is 0.0560. The molecule has 1 N–H and O–H groups in total. The Hall–Kier alpha value is -1.36. The van der Waals surface area contributed by atoms with E-state index < -0.39 is 6.61 Å². The van der Waals surface area contributed by atoms with Gasteiger partial charge in [0.25, 0.3) is 0 Å². The Morgan fingerprint density at radius 2 is 2.24 bits per heavy atom. The van der Waals surface area contributed by atoms with Crippen LogP contribution in [0.3, 0.4) is 0 Å². The molecule has 94 valence electrons. The lowest BCUT2D eigenvalue weighted by molar-refractivity contribution is -0.118. The maximum atomic E-state index is 12.1. The van der Waals surface area contributed by atoms with Crippen molar-refractivity contribution in [2.45, 2.75) is 20.1 Å². The second-order valence-corrected chi connectivity index (χ2v) is 3.67. The molecular formula is C11H12ClF2NO2. The number of amides is 1. The van der Waals surface area contributed by atoms with Crippen molar-refractivity contribution in [2.75, 3.05) is 5.88 Å². The Morgan fingerprint density at radius 1 is 1.53 bits per heavy atom. The summed E-state index contributed by atoms with van der Waals surface area (Å²) in [6, 6.07) is 4.78. The summed E-state index contributed by atoms with van der Waals surface area (Å²) in [5.74, 6) is -0.478. The van der Waals surface area contributed by atoms with Gasteiger partial charge in [-0.2, -0.15) is 8.78 Å². The third-order valence-corrected chi connectivity index (χ3v) is 2.27. The second kappa shape index (κ2) is 6.39. The Bertz CT molecular complexity index is 399. The van der Waals surface area contributed by atoms with Crippen LogP contribution < -0.4 is 10.1 Å². The molecule has 0 bridgehead atoms. The number of benzene rings is 1. The summed E-state index contributed by atoms with van der Waals surface area (Å²) >= 11 is 5.31. The van der Waals surface area contributed by atoms with Crippen molar-refractivity contribution in [2.24, 2.45) is 0 Å². The maximum Gasteiger partial charge on any atom is 0.387 e. The molecular weight excluding hydrogens is 252 g/mol. The molecule has 0 saturated carbocycles. The van der Waals surface area contributed by atoms with E-state index in [9.17, 15) is 13.6 Å². The summed E-state index contributed by atoms with van der Waals surface area (Å²) in [6.07, 6.45) is 0. The average molecular weight is 264 g/mol. The molecule has 0 spiro atoms. The van der Waals surface area contributed by atoms with Crippen molar-refractivity contribution in [1.29, 1.82) is 0 Å². The van der Waals surface area contributed by atoms with Crippen molar-refractivity contribution >= 4 is 17.5 Å². The van der Waals surface area contributed by atoms with Gasteiger partial charge in [0, 0.05) is 12.1 Å². The van der Waals surface area contributed by atoms with Crippen LogP contribution in [0.2, 0.25) is 0 Å². The molecule has 1 aromatic rings. The monoisotopic (exact) mass is 263 g/mol. The van der Waals surface area contributed by atoms with Crippen LogP contribution in [0, 0.1) is 6.92 Å². The van der Waals surface area contributed by atoms with E-state index in [1.54, 1.807) is 12.1 Å². The molecule has 0 aliphatic carbocycles. The lowest BCUT2D eigenvalue weighted by Gasteiger charge is -2.12. The summed E-state index contributed by atoms with van der Waals surface area (Å²) in [5, 5.41) is 2.49. The van der Waals surface area contributed by atoms with Crippen LogP contribution in [0.4, 0.5) is 8.78 Å². The van der Waals surface area contributed by atoms with E-state index in [-0.39, 0.29) is 24.1 Å². The smallest absolute Gasteiger partial charge is 0.387 e. The largest absolute Gasteiger partial charge is 0.434 e. The van der Waals surface area contributed by atoms with Gasteiger partial charge in [0.15, 0.2) is 0 Å². The van der Waals surface area contributed by atoms with Gasteiger partial charge in [-0.25, -0.2) is 0 Å². The lowest BCUT2D eigenvalue weighted by atomic mass is 10.1. The molecule has 1 amide bonds. The minimum Gasteiger partial charge on any atom is -0.434 e. The molecule has 0 heterocycles. The molecule has 0 aromatic heterocycles. The van der Waals surface area contributed by atoms with Crippen molar-refractivity contribution in [3.8, 4) is 5.75 Å². The van der Waals surface area contributed by atoms with Crippen molar-refractivity contribution in [1.82, 2.24) is 5.32 Å². The van der Waals surface area contributed by atoms with Crippen molar-refractivity contribution < 1.29 is 18.3 Å². The SMILES string of the molecule is Cc1ccc(OC(F)F)c(CNC(=O)CCl)c1. The normalized spacial score (nSPS) is 10.4. The number of carbonyl (C=O) groups is 1. The van der Waals surface area contributed by atoms with Gasteiger partial charge in [0.1, 0.15) is 11.6 Å². The van der Waals surface area contributed by atoms with Crippen LogP contribution in [-0.2, 0) is 11.3 Å². The fourth-order valence-corrected chi connectivity index (χ4v) is 1.39. The Morgan fingerprint density at radius 3 is 2.82 bits per heavy atom. The topological polar surface area (TPSA) is 38.3 Å². The lowest BCUT2D eigenvalue weighted by Crippen LogP contribution is -2.24. The molecule has 6 heteroatoms. The molecule has 0 fully saturated rings. The Kier molecular flexibility index (Phi) is 5.15. The predicted molar refractivity (Wildman–Crippen MR) is 60.4 cm³/mol. The first kappa shape index (κ1) is 13.7. The van der Waals surface area contributed by atoms with Crippen LogP contribution in [0.5, 0.6) is 5.75 Å². The third kappa shape index (κ3) is 4.56. The molecule has 17 heavy (non-hydrogen) atoms. The molecule has 0 aliphatic heterocycles. The number of alkyl halides is 3. The highest BCUT2D eigenvalue weighted by Crippen LogP contribution is 2.21. The van der Waals surface area contributed by atoms with Gasteiger partial charge < -0.3 is 10.1 Å². The molecule has 3 nitrogen and oxygen atoms in total. The highest BCUT2D eigenvalue weighted by atomic mass is 35.5. The van der Waals surface area contributed by atoms with Gasteiger partial charge in [-0.3, -0.25) is 4.79 Å². The van der Waals surface area contributed by atoms with Crippen LogP contribution in [0.25, 0.3) is 0 Å². The second-order valence-electron chi connectivity index (χ2n) is 3.40. The molecule has 0 aliphatic rings. The van der Waals surface area contributed by atoms with E-state index >= 15 is 0 Å². The van der Waals surface area contributed by atoms with Gasteiger partial charge in [-0.15, -0.1) is 11.6 Å². The quantitative estimate of drug-likeness (QED) is 0.829. The fourth-order valence-electron chi connectivity index (χ4n) is 1.30. The highest BCUT2D eigenvalue weighted by molar-refractivity contribution is 6.27. The fraction of sp³-hybridized carbons (Fsp3) is 0.364. The molecule has 0 saturated heterocycles. The molecule has 0 unspecified atom stereocenters. The van der Waals surface area contributed by atoms with Crippen LogP contribution in [0.15, 0.2) is 18.2 Å². The van der Waals surface area contributed by atoms with E-state index in [4.69, 9.17) is 11.6 Å². The Labute approximate surface area is 103 Å². The summed E-state index contributed by atoms with van der Waals surface area (Å²) in [4.78, 5) is 11.0. The Balaban J connectivity index is 2.79. The standard InChI is InChI=1S/C11H12ClF2NO2/c1-7-2-3-9(17-11(13)14)8(4-7)6-15-10(16)5-12/h2-4,11H,5-6H2,1H3,(H,15,16). The summed E-state index contributed by atoms with van der Waals surface area (Å²) in [5.41, 5.74) is 1.38. The summed E-state index contributed by atoms with van der Waals surface area (Å²) in [6.45, 7) is -0.964. The number of rotatable bonds is 5. The molecule has 1 aromatic carbocycles. The van der Waals surface area contributed by atoms with E-state index in [0.717, 1.165) is 5.56 Å². The first-order chi connectivity index (χ1) is 8.02. The maximum absolute atomic E-state index is 12.1. The van der Waals surface area contributed by atoms with Gasteiger partial charge in [0.05, 0.1) is 0 Å². The molecule has 1 rings (SSSR count). The van der Waals surface area contributed by atoms with Crippen LogP contribution >= 0.6 is 11.6 Å². The number of carbonyl (C=O) groups excluding carboxylic acids is 1. The van der Waals surface area contributed by atoms with E-state index in [2.05, 4.69) is 10.1 Å². The summed E-state index contributed by atoms with van der Waals surface area (Å²) < 4.78 is 28.6. The molecule has 0 atom stereocenters. The predicted octanol–water partition coefficient (Wildman–Crippen LogP) is 2.45. The number of hydrogen-bond donors (Lipinski definition) is 1. The minimum atomic E-state index is -2.89.